The fourth-order valence-corrected chi connectivity index (χ4v) is 3.82. The van der Waals surface area contributed by atoms with Gasteiger partial charge in [0, 0.05) is 12.5 Å². The minimum Gasteiger partial charge on any atom is -0.488 e. The highest BCUT2D eigenvalue weighted by Gasteiger charge is 2.24. The standard InChI is InChI=1S/C30H35NO2.C4H8O/c1-28(2,3)24-13-18-27(21(19-24)20-31)32-25-14-9-22(10-15-25)30(7,8)23-11-16-26(17-12-23)33-29(4,5)6;1-3-4-5-2/h9-19H,1-8H3;3H,1,4H2,2H3. The first kappa shape index (κ1) is 30.7. The van der Waals surface area contributed by atoms with Crippen molar-refractivity contribution in [2.45, 2.75) is 71.8 Å². The highest BCUT2D eigenvalue weighted by Crippen LogP contribution is 2.35. The van der Waals surface area contributed by atoms with Crippen molar-refractivity contribution in [3.63, 3.8) is 0 Å². The number of nitrogens with zero attached hydrogens (tertiary/aromatic N) is 1. The van der Waals surface area contributed by atoms with E-state index in [1.807, 2.05) is 63.2 Å². The molecule has 0 aromatic heterocycles. The van der Waals surface area contributed by atoms with Crippen LogP contribution in [0.15, 0.2) is 79.4 Å². The van der Waals surface area contributed by atoms with Gasteiger partial charge in [0.05, 0.1) is 12.2 Å². The van der Waals surface area contributed by atoms with E-state index in [2.05, 4.69) is 76.3 Å². The van der Waals surface area contributed by atoms with Gasteiger partial charge >= 0.3 is 0 Å². The van der Waals surface area contributed by atoms with E-state index in [4.69, 9.17) is 9.47 Å². The molecule has 0 N–H and O–H groups in total. The molecule has 0 spiro atoms. The van der Waals surface area contributed by atoms with Gasteiger partial charge < -0.3 is 14.2 Å². The molecule has 3 aromatic rings. The molecule has 0 radical (unpaired) electrons. The van der Waals surface area contributed by atoms with Crippen LogP contribution in [-0.2, 0) is 15.6 Å². The minimum atomic E-state index is -0.217. The van der Waals surface area contributed by atoms with E-state index < -0.39 is 0 Å². The summed E-state index contributed by atoms with van der Waals surface area (Å²) in [6.07, 6.45) is 1.71. The summed E-state index contributed by atoms with van der Waals surface area (Å²) in [6, 6.07) is 24.5. The summed E-state index contributed by atoms with van der Waals surface area (Å²) < 4.78 is 16.6. The van der Waals surface area contributed by atoms with E-state index >= 15 is 0 Å². The van der Waals surface area contributed by atoms with Gasteiger partial charge in [-0.1, -0.05) is 71.0 Å². The molecule has 0 heterocycles. The minimum absolute atomic E-state index is 0.0194. The van der Waals surface area contributed by atoms with Crippen molar-refractivity contribution in [2.24, 2.45) is 0 Å². The molecule has 0 saturated carbocycles. The Kier molecular flexibility index (Phi) is 10.3. The van der Waals surface area contributed by atoms with E-state index in [0.717, 1.165) is 11.3 Å². The maximum atomic E-state index is 9.61. The van der Waals surface area contributed by atoms with Crippen LogP contribution in [0, 0.1) is 11.3 Å². The largest absolute Gasteiger partial charge is 0.488 e. The Morgan fingerprint density at radius 2 is 1.26 bits per heavy atom. The number of hydrogen-bond acceptors (Lipinski definition) is 4. The lowest BCUT2D eigenvalue weighted by Gasteiger charge is -2.27. The average molecular weight is 514 g/mol. The van der Waals surface area contributed by atoms with Gasteiger partial charge in [-0.2, -0.15) is 5.26 Å². The Balaban J connectivity index is 0.000000926. The molecule has 38 heavy (non-hydrogen) atoms. The van der Waals surface area contributed by atoms with Gasteiger partial charge in [-0.15, -0.1) is 6.58 Å². The molecule has 0 amide bonds. The Labute approximate surface area is 229 Å². The molecule has 0 bridgehead atoms. The second-order valence-corrected chi connectivity index (χ2v) is 11.8. The zero-order chi connectivity index (χ0) is 28.6. The van der Waals surface area contributed by atoms with Crippen molar-refractivity contribution in [3.8, 4) is 23.3 Å². The van der Waals surface area contributed by atoms with Crippen molar-refractivity contribution in [1.29, 1.82) is 5.26 Å². The Morgan fingerprint density at radius 3 is 1.66 bits per heavy atom. The van der Waals surface area contributed by atoms with Crippen LogP contribution >= 0.6 is 0 Å². The van der Waals surface area contributed by atoms with Crippen LogP contribution in [0.5, 0.6) is 17.2 Å². The van der Waals surface area contributed by atoms with Crippen molar-refractivity contribution in [2.75, 3.05) is 13.7 Å². The first-order valence-electron chi connectivity index (χ1n) is 12.9. The van der Waals surface area contributed by atoms with Gasteiger partial charge in [0.2, 0.25) is 0 Å². The number of rotatable bonds is 7. The average Bonchev–Trinajstić information content (AvgIpc) is 2.84. The quantitative estimate of drug-likeness (QED) is 0.296. The normalized spacial score (nSPS) is 11.6. The third kappa shape index (κ3) is 8.78. The van der Waals surface area contributed by atoms with Crippen LogP contribution < -0.4 is 9.47 Å². The topological polar surface area (TPSA) is 51.5 Å². The van der Waals surface area contributed by atoms with E-state index in [0.29, 0.717) is 23.7 Å². The zero-order valence-corrected chi connectivity index (χ0v) is 24.5. The summed E-state index contributed by atoms with van der Waals surface area (Å²) in [5.74, 6) is 2.16. The maximum Gasteiger partial charge on any atom is 0.145 e. The third-order valence-corrected chi connectivity index (χ3v) is 6.05. The Bertz CT molecular complexity index is 1220. The second-order valence-electron chi connectivity index (χ2n) is 11.8. The first-order valence-corrected chi connectivity index (χ1v) is 12.9. The van der Waals surface area contributed by atoms with Gasteiger partial charge in [-0.3, -0.25) is 0 Å². The van der Waals surface area contributed by atoms with Crippen molar-refractivity contribution >= 4 is 0 Å². The van der Waals surface area contributed by atoms with E-state index in [1.54, 1.807) is 13.2 Å². The fraction of sp³-hybridized carbons (Fsp3) is 0.382. The fourth-order valence-electron chi connectivity index (χ4n) is 3.82. The molecular weight excluding hydrogens is 470 g/mol. The smallest absolute Gasteiger partial charge is 0.145 e. The Morgan fingerprint density at radius 1 is 0.763 bits per heavy atom. The van der Waals surface area contributed by atoms with Gasteiger partial charge in [0.25, 0.3) is 0 Å². The van der Waals surface area contributed by atoms with Crippen LogP contribution in [0.2, 0.25) is 0 Å². The summed E-state index contributed by atoms with van der Waals surface area (Å²) >= 11 is 0. The summed E-state index contributed by atoms with van der Waals surface area (Å²) in [4.78, 5) is 0. The summed E-state index contributed by atoms with van der Waals surface area (Å²) in [5, 5.41) is 9.61. The zero-order valence-electron chi connectivity index (χ0n) is 24.5. The molecule has 3 rings (SSSR count). The van der Waals surface area contributed by atoms with E-state index in [-0.39, 0.29) is 16.4 Å². The number of hydrogen-bond donors (Lipinski definition) is 0. The predicted octanol–water partition coefficient (Wildman–Crippen LogP) is 8.97. The molecule has 4 nitrogen and oxygen atoms in total. The van der Waals surface area contributed by atoms with E-state index in [1.165, 1.54) is 11.1 Å². The number of benzene rings is 3. The van der Waals surface area contributed by atoms with Crippen LogP contribution in [0.4, 0.5) is 0 Å². The third-order valence-electron chi connectivity index (χ3n) is 6.05. The molecule has 0 aliphatic heterocycles. The molecule has 202 valence electrons. The van der Waals surface area contributed by atoms with E-state index in [9.17, 15) is 5.26 Å². The van der Waals surface area contributed by atoms with Gasteiger partial charge in [0.15, 0.2) is 0 Å². The number of methoxy groups -OCH3 is 1. The van der Waals surface area contributed by atoms with Crippen molar-refractivity contribution in [1.82, 2.24) is 0 Å². The summed E-state index contributed by atoms with van der Waals surface area (Å²) in [5.41, 5.74) is 3.64. The lowest BCUT2D eigenvalue weighted by Crippen LogP contribution is -2.23. The SMILES string of the molecule is C=CCOC.CC(C)(C)Oc1ccc(C(C)(C)c2ccc(Oc3ccc(C(C)(C)C)cc3C#N)cc2)cc1. The molecule has 0 unspecified atom stereocenters. The number of nitriles is 1. The highest BCUT2D eigenvalue weighted by molar-refractivity contribution is 5.49. The molecule has 0 aliphatic carbocycles. The molecule has 0 fully saturated rings. The molecule has 3 aromatic carbocycles. The second kappa shape index (κ2) is 12.8. The maximum absolute atomic E-state index is 9.61. The monoisotopic (exact) mass is 513 g/mol. The summed E-state index contributed by atoms with van der Waals surface area (Å²) in [7, 11) is 1.64. The van der Waals surface area contributed by atoms with Gasteiger partial charge in [0.1, 0.15) is 28.9 Å². The van der Waals surface area contributed by atoms with Crippen LogP contribution in [0.1, 0.15) is 77.6 Å². The van der Waals surface area contributed by atoms with Gasteiger partial charge in [-0.05, 0) is 79.3 Å². The molecule has 0 atom stereocenters. The van der Waals surface area contributed by atoms with Gasteiger partial charge in [-0.25, -0.2) is 0 Å². The van der Waals surface area contributed by atoms with Crippen LogP contribution in [0.3, 0.4) is 0 Å². The molecule has 0 aliphatic rings. The summed E-state index contributed by atoms with van der Waals surface area (Å²) in [6.45, 7) is 21.0. The first-order chi connectivity index (χ1) is 17.7. The lowest BCUT2D eigenvalue weighted by molar-refractivity contribution is 0.131. The Hall–Kier alpha value is -3.55. The lowest BCUT2D eigenvalue weighted by atomic mass is 9.78. The highest BCUT2D eigenvalue weighted by atomic mass is 16.5. The van der Waals surface area contributed by atoms with Crippen LogP contribution in [0.25, 0.3) is 0 Å². The van der Waals surface area contributed by atoms with Crippen molar-refractivity contribution < 1.29 is 14.2 Å². The molecule has 0 saturated heterocycles. The number of ether oxygens (including phenoxy) is 3. The van der Waals surface area contributed by atoms with Crippen LogP contribution in [-0.4, -0.2) is 19.3 Å². The molecule has 4 heteroatoms. The van der Waals surface area contributed by atoms with Crippen molar-refractivity contribution in [3.05, 3.63) is 102 Å². The predicted molar refractivity (Wildman–Crippen MR) is 157 cm³/mol. The molecular formula is C34H43NO3.